The highest BCUT2D eigenvalue weighted by Crippen LogP contribution is 2.29. The van der Waals surface area contributed by atoms with Crippen molar-refractivity contribution >= 4 is 32.5 Å². The van der Waals surface area contributed by atoms with Crippen LogP contribution in [-0.4, -0.2) is 13.0 Å². The van der Waals surface area contributed by atoms with Crippen molar-refractivity contribution in [1.29, 1.82) is 0 Å². The first-order chi connectivity index (χ1) is 10.8. The molecule has 0 unspecified atom stereocenters. The molecule has 1 heterocycles. The minimum absolute atomic E-state index is 0.0334. The van der Waals surface area contributed by atoms with Crippen LogP contribution in [0.4, 0.5) is 4.39 Å². The zero-order valence-electron chi connectivity index (χ0n) is 11.9. The number of benzene rings is 2. The number of halogens is 2. The summed E-state index contributed by atoms with van der Waals surface area (Å²) < 4.78 is 44.2. The lowest BCUT2D eigenvalue weighted by Crippen LogP contribution is -2.09. The lowest BCUT2D eigenvalue weighted by atomic mass is 10.2. The van der Waals surface area contributed by atoms with E-state index in [0.29, 0.717) is 11.1 Å². The zero-order chi connectivity index (χ0) is 16.8. The van der Waals surface area contributed by atoms with E-state index >= 15 is 0 Å². The zero-order valence-corrected chi connectivity index (χ0v) is 13.5. The topological polar surface area (TPSA) is 69.3 Å². The highest BCUT2D eigenvalue weighted by molar-refractivity contribution is 7.90. The first-order valence-corrected chi connectivity index (χ1v) is 8.57. The van der Waals surface area contributed by atoms with Gasteiger partial charge < -0.3 is 4.42 Å². The molecule has 120 valence electrons. The van der Waals surface area contributed by atoms with Crippen LogP contribution in [0.5, 0.6) is 0 Å². The summed E-state index contributed by atoms with van der Waals surface area (Å²) in [6, 6.07) is 7.78. The third kappa shape index (κ3) is 2.89. The lowest BCUT2D eigenvalue weighted by molar-refractivity contribution is 0.528. The predicted octanol–water partition coefficient (Wildman–Crippen LogP) is 2.90. The molecule has 2 aromatic carbocycles. The van der Waals surface area contributed by atoms with Gasteiger partial charge in [0.15, 0.2) is 15.4 Å². The number of sulfone groups is 1. The minimum Gasteiger partial charge on any atom is -0.408 e. The maximum absolute atomic E-state index is 12.9. The Balaban J connectivity index is 2.10. The molecule has 8 heteroatoms. The number of fused-ring (bicyclic) bond motifs is 1. The largest absolute Gasteiger partial charge is 0.419 e. The fourth-order valence-electron chi connectivity index (χ4n) is 2.25. The van der Waals surface area contributed by atoms with E-state index in [4.69, 9.17) is 16.0 Å². The van der Waals surface area contributed by atoms with Crippen molar-refractivity contribution in [1.82, 2.24) is 4.57 Å². The van der Waals surface area contributed by atoms with Gasteiger partial charge in [-0.2, -0.15) is 0 Å². The number of oxazole rings is 1. The molecule has 0 saturated heterocycles. The van der Waals surface area contributed by atoms with Crippen molar-refractivity contribution in [2.24, 2.45) is 7.05 Å². The summed E-state index contributed by atoms with van der Waals surface area (Å²) in [6.07, 6.45) is 0. The number of aryl methyl sites for hydroxylation is 1. The summed E-state index contributed by atoms with van der Waals surface area (Å²) >= 11 is 6.03. The molecule has 0 fully saturated rings. The molecule has 0 aliphatic carbocycles. The highest BCUT2D eigenvalue weighted by atomic mass is 35.5. The van der Waals surface area contributed by atoms with Gasteiger partial charge in [0.2, 0.25) is 0 Å². The van der Waals surface area contributed by atoms with E-state index in [-0.39, 0.29) is 21.3 Å². The van der Waals surface area contributed by atoms with Gasteiger partial charge in [0, 0.05) is 13.1 Å². The Morgan fingerprint density at radius 2 is 1.87 bits per heavy atom. The summed E-state index contributed by atoms with van der Waals surface area (Å²) in [5.74, 6) is -1.38. The fraction of sp³-hybridized carbons (Fsp3) is 0.133. The third-order valence-corrected chi connectivity index (χ3v) is 5.60. The van der Waals surface area contributed by atoms with Gasteiger partial charge in [-0.3, -0.25) is 4.57 Å². The second-order valence-corrected chi connectivity index (χ2v) is 7.43. The molecular weight excluding hydrogens is 345 g/mol. The number of nitrogens with zero attached hydrogens (tertiary/aromatic N) is 1. The fourth-order valence-corrected chi connectivity index (χ4v) is 4.19. The van der Waals surface area contributed by atoms with Crippen LogP contribution in [0.1, 0.15) is 5.56 Å². The molecule has 0 spiro atoms. The molecule has 0 bridgehead atoms. The monoisotopic (exact) mass is 355 g/mol. The van der Waals surface area contributed by atoms with Crippen LogP contribution in [0.15, 0.2) is 50.5 Å². The predicted molar refractivity (Wildman–Crippen MR) is 83.8 cm³/mol. The molecule has 0 amide bonds. The smallest absolute Gasteiger partial charge is 0.408 e. The first kappa shape index (κ1) is 15.8. The Kier molecular flexibility index (Phi) is 3.77. The van der Waals surface area contributed by atoms with E-state index in [1.165, 1.54) is 48.0 Å². The molecule has 1 aromatic heterocycles. The third-order valence-electron chi connectivity index (χ3n) is 3.45. The molecule has 3 aromatic rings. The van der Waals surface area contributed by atoms with Gasteiger partial charge in [0.25, 0.3) is 0 Å². The van der Waals surface area contributed by atoms with Crippen molar-refractivity contribution in [2.75, 3.05) is 0 Å². The molecule has 0 atom stereocenters. The maximum Gasteiger partial charge on any atom is 0.419 e. The van der Waals surface area contributed by atoms with Crippen LogP contribution in [0.2, 0.25) is 5.02 Å². The van der Waals surface area contributed by atoms with Gasteiger partial charge in [-0.1, -0.05) is 23.7 Å². The second-order valence-electron chi connectivity index (χ2n) is 5.06. The first-order valence-electron chi connectivity index (χ1n) is 6.54. The summed E-state index contributed by atoms with van der Waals surface area (Å²) in [5, 5.41) is -0.0334. The van der Waals surface area contributed by atoms with Gasteiger partial charge in [0.1, 0.15) is 5.82 Å². The molecule has 0 aliphatic heterocycles. The van der Waals surface area contributed by atoms with Crippen LogP contribution in [0.25, 0.3) is 11.1 Å². The van der Waals surface area contributed by atoms with Gasteiger partial charge in [-0.05, 0) is 23.8 Å². The summed E-state index contributed by atoms with van der Waals surface area (Å²) in [5.41, 5.74) is 0.976. The molecule has 3 rings (SSSR count). The van der Waals surface area contributed by atoms with E-state index in [1.807, 2.05) is 0 Å². The molecule has 23 heavy (non-hydrogen) atoms. The summed E-state index contributed by atoms with van der Waals surface area (Å²) in [7, 11) is -2.30. The lowest BCUT2D eigenvalue weighted by Gasteiger charge is -2.07. The number of hydrogen-bond acceptors (Lipinski definition) is 4. The normalized spacial score (nSPS) is 12.0. The van der Waals surface area contributed by atoms with Crippen LogP contribution in [-0.2, 0) is 22.6 Å². The van der Waals surface area contributed by atoms with Gasteiger partial charge >= 0.3 is 5.76 Å². The Labute approximate surface area is 135 Å². The average Bonchev–Trinajstić information content (AvgIpc) is 2.75. The second kappa shape index (κ2) is 5.50. The van der Waals surface area contributed by atoms with E-state index in [9.17, 15) is 17.6 Å². The van der Waals surface area contributed by atoms with Gasteiger partial charge in [0.05, 0.1) is 21.2 Å². The molecule has 5 nitrogen and oxygen atoms in total. The molecule has 0 aliphatic rings. The number of hydrogen-bond donors (Lipinski definition) is 0. The van der Waals surface area contributed by atoms with Crippen molar-refractivity contribution in [3.63, 3.8) is 0 Å². The van der Waals surface area contributed by atoms with Crippen molar-refractivity contribution in [3.05, 3.63) is 63.4 Å². The van der Waals surface area contributed by atoms with Crippen molar-refractivity contribution in [2.45, 2.75) is 10.6 Å². The van der Waals surface area contributed by atoms with Crippen molar-refractivity contribution < 1.29 is 17.2 Å². The van der Waals surface area contributed by atoms with Gasteiger partial charge in [-0.15, -0.1) is 0 Å². The van der Waals surface area contributed by atoms with Crippen LogP contribution in [0.3, 0.4) is 0 Å². The highest BCUT2D eigenvalue weighted by Gasteiger charge is 2.22. The molecule has 0 radical (unpaired) electrons. The maximum atomic E-state index is 12.9. The summed E-state index contributed by atoms with van der Waals surface area (Å²) in [4.78, 5) is 11.4. The Morgan fingerprint density at radius 1 is 1.22 bits per heavy atom. The quantitative estimate of drug-likeness (QED) is 0.724. The van der Waals surface area contributed by atoms with Crippen LogP contribution in [0, 0.1) is 5.82 Å². The number of aromatic nitrogens is 1. The van der Waals surface area contributed by atoms with Crippen LogP contribution >= 0.6 is 11.6 Å². The Hall–Kier alpha value is -2.12. The van der Waals surface area contributed by atoms with E-state index in [2.05, 4.69) is 0 Å². The Bertz CT molecular complexity index is 1050. The van der Waals surface area contributed by atoms with E-state index in [1.54, 1.807) is 0 Å². The van der Waals surface area contributed by atoms with Crippen molar-refractivity contribution in [3.8, 4) is 0 Å². The average molecular weight is 356 g/mol. The van der Waals surface area contributed by atoms with Crippen LogP contribution < -0.4 is 5.76 Å². The Morgan fingerprint density at radius 3 is 2.52 bits per heavy atom. The summed E-state index contributed by atoms with van der Waals surface area (Å²) in [6.45, 7) is 0. The van der Waals surface area contributed by atoms with Gasteiger partial charge in [-0.25, -0.2) is 17.6 Å². The molecule has 0 N–H and O–H groups in total. The SMILES string of the molecule is Cn1c(=O)oc2cc(Cl)c(S(=O)(=O)Cc3ccc(F)cc3)cc21. The van der Waals surface area contributed by atoms with E-state index in [0.717, 1.165) is 0 Å². The van der Waals surface area contributed by atoms with E-state index < -0.39 is 21.4 Å². The molecule has 0 saturated carbocycles. The standard InChI is InChI=1S/C15H11ClFNO4S/c1-18-12-7-14(11(16)6-13(12)22-15(18)19)23(20,21)8-9-2-4-10(17)5-3-9/h2-7H,8H2,1H3. The number of rotatable bonds is 3. The molecular formula is C15H11ClFNO4S. The minimum atomic E-state index is -3.77.